The van der Waals surface area contributed by atoms with E-state index in [2.05, 4.69) is 16.2 Å². The molecule has 0 saturated carbocycles. The molecule has 0 unspecified atom stereocenters. The predicted molar refractivity (Wildman–Crippen MR) is 84.1 cm³/mol. The van der Waals surface area contributed by atoms with E-state index in [9.17, 15) is 14.4 Å². The molecule has 0 bridgehead atoms. The van der Waals surface area contributed by atoms with Crippen LogP contribution in [0.25, 0.3) is 0 Å². The number of nitrogens with one attached hydrogen (secondary N) is 3. The van der Waals surface area contributed by atoms with Gasteiger partial charge in [-0.15, -0.1) is 0 Å². The minimum Gasteiger partial charge on any atom is -0.454 e. The van der Waals surface area contributed by atoms with Gasteiger partial charge in [0.2, 0.25) is 6.79 Å². The van der Waals surface area contributed by atoms with Crippen LogP contribution < -0.4 is 31.4 Å². The van der Waals surface area contributed by atoms with E-state index in [-0.39, 0.29) is 12.7 Å². The molecule has 0 radical (unpaired) electrons. The van der Waals surface area contributed by atoms with Gasteiger partial charge in [-0.3, -0.25) is 20.4 Å². The van der Waals surface area contributed by atoms with Crippen LogP contribution in [-0.4, -0.2) is 30.7 Å². The number of urea groups is 1. The second-order valence-electron chi connectivity index (χ2n) is 5.38. The first-order valence-corrected chi connectivity index (χ1v) is 7.48. The highest BCUT2D eigenvalue weighted by Gasteiger charge is 2.25. The fourth-order valence-corrected chi connectivity index (χ4v) is 2.16. The third-order valence-electron chi connectivity index (χ3n) is 3.73. The van der Waals surface area contributed by atoms with Gasteiger partial charge in [-0.25, -0.2) is 4.79 Å². The van der Waals surface area contributed by atoms with Gasteiger partial charge in [0.05, 0.1) is 0 Å². The van der Waals surface area contributed by atoms with Gasteiger partial charge in [0.25, 0.3) is 11.8 Å². The van der Waals surface area contributed by atoms with Crippen molar-refractivity contribution in [3.63, 3.8) is 0 Å². The first-order chi connectivity index (χ1) is 11.4. The summed E-state index contributed by atoms with van der Waals surface area (Å²) in [6, 6.07) is 3.01. The first kappa shape index (κ1) is 17.4. The van der Waals surface area contributed by atoms with Crippen molar-refractivity contribution in [3.8, 4) is 11.5 Å². The molecule has 2 rings (SSSR count). The van der Waals surface area contributed by atoms with Crippen molar-refractivity contribution >= 4 is 17.8 Å². The van der Waals surface area contributed by atoms with Crippen LogP contribution in [-0.2, 0) is 4.79 Å². The minimum absolute atomic E-state index is 0.104. The van der Waals surface area contributed by atoms with Crippen LogP contribution in [0, 0.1) is 5.92 Å². The van der Waals surface area contributed by atoms with Gasteiger partial charge in [0, 0.05) is 5.56 Å². The number of rotatable bonds is 5. The van der Waals surface area contributed by atoms with Crippen LogP contribution >= 0.6 is 0 Å². The molecule has 0 aliphatic carbocycles. The maximum atomic E-state index is 12.2. The van der Waals surface area contributed by atoms with E-state index in [1.165, 1.54) is 6.07 Å². The Hall–Kier alpha value is -2.97. The molecule has 130 valence electrons. The van der Waals surface area contributed by atoms with Crippen molar-refractivity contribution in [3.05, 3.63) is 23.8 Å². The summed E-state index contributed by atoms with van der Waals surface area (Å²) in [4.78, 5) is 35.3. The van der Waals surface area contributed by atoms with E-state index in [0.29, 0.717) is 23.5 Å². The van der Waals surface area contributed by atoms with Crippen LogP contribution in [0.2, 0.25) is 0 Å². The molecule has 0 saturated heterocycles. The standard InChI is InChI=1S/C15H20N4O5/c1-3-8(2)12(17-15(16)22)14(21)19-18-13(20)9-4-5-10-11(6-9)24-7-23-10/h4-6,8,12H,3,7H2,1-2H3,(H,18,20)(H,19,21)(H3,16,17,22)/t8-,12+/m1/s1. The average Bonchev–Trinajstić information content (AvgIpc) is 3.03. The maximum absolute atomic E-state index is 12.2. The number of hydrogen-bond donors (Lipinski definition) is 4. The Balaban J connectivity index is 1.96. The Labute approximate surface area is 138 Å². The molecule has 1 heterocycles. The lowest BCUT2D eigenvalue weighted by atomic mass is 9.99. The van der Waals surface area contributed by atoms with E-state index in [0.717, 1.165) is 0 Å². The maximum Gasteiger partial charge on any atom is 0.312 e. The van der Waals surface area contributed by atoms with Crippen LogP contribution in [0.3, 0.4) is 0 Å². The number of fused-ring (bicyclic) bond motifs is 1. The Morgan fingerprint density at radius 1 is 1.21 bits per heavy atom. The van der Waals surface area contributed by atoms with E-state index in [1.54, 1.807) is 19.1 Å². The van der Waals surface area contributed by atoms with Crippen molar-refractivity contribution in [2.75, 3.05) is 6.79 Å². The van der Waals surface area contributed by atoms with Gasteiger partial charge in [-0.2, -0.15) is 0 Å². The number of benzene rings is 1. The summed E-state index contributed by atoms with van der Waals surface area (Å²) in [5, 5.41) is 2.37. The zero-order chi connectivity index (χ0) is 17.7. The number of hydrogen-bond acceptors (Lipinski definition) is 5. The largest absolute Gasteiger partial charge is 0.454 e. The van der Waals surface area contributed by atoms with Gasteiger partial charge in [-0.1, -0.05) is 20.3 Å². The summed E-state index contributed by atoms with van der Waals surface area (Å²) in [6.07, 6.45) is 0.647. The summed E-state index contributed by atoms with van der Waals surface area (Å²) in [7, 11) is 0. The molecule has 1 aliphatic rings. The fourth-order valence-electron chi connectivity index (χ4n) is 2.16. The third-order valence-corrected chi connectivity index (χ3v) is 3.73. The van der Waals surface area contributed by atoms with Gasteiger partial charge >= 0.3 is 6.03 Å². The summed E-state index contributed by atoms with van der Waals surface area (Å²) in [5.41, 5.74) is 9.96. The number of nitrogens with two attached hydrogens (primary N) is 1. The first-order valence-electron chi connectivity index (χ1n) is 7.48. The van der Waals surface area contributed by atoms with Gasteiger partial charge in [0.1, 0.15) is 6.04 Å². The predicted octanol–water partition coefficient (Wildman–Crippen LogP) is 0.259. The van der Waals surface area contributed by atoms with Crippen molar-refractivity contribution < 1.29 is 23.9 Å². The van der Waals surface area contributed by atoms with E-state index in [4.69, 9.17) is 15.2 Å². The summed E-state index contributed by atoms with van der Waals surface area (Å²) < 4.78 is 10.4. The molecule has 1 aromatic rings. The molecule has 9 nitrogen and oxygen atoms in total. The van der Waals surface area contributed by atoms with Crippen molar-refractivity contribution in [2.45, 2.75) is 26.3 Å². The molecule has 24 heavy (non-hydrogen) atoms. The fraction of sp³-hybridized carbons (Fsp3) is 0.400. The van der Waals surface area contributed by atoms with Gasteiger partial charge in [0.15, 0.2) is 11.5 Å². The van der Waals surface area contributed by atoms with Crippen LogP contribution in [0.15, 0.2) is 18.2 Å². The Morgan fingerprint density at radius 2 is 1.92 bits per heavy atom. The molecule has 0 spiro atoms. The molecule has 0 aromatic heterocycles. The van der Waals surface area contributed by atoms with Crippen molar-refractivity contribution in [1.82, 2.24) is 16.2 Å². The minimum atomic E-state index is -0.843. The molecule has 1 aromatic carbocycles. The third kappa shape index (κ3) is 4.06. The van der Waals surface area contributed by atoms with E-state index >= 15 is 0 Å². The number of primary amides is 1. The quantitative estimate of drug-likeness (QED) is 0.573. The summed E-state index contributed by atoms with van der Waals surface area (Å²) in [5.74, 6) is -0.222. The molecule has 4 amide bonds. The number of carbonyl (C=O) groups excluding carboxylic acids is 3. The molecule has 5 N–H and O–H groups in total. The van der Waals surface area contributed by atoms with Crippen LogP contribution in [0.4, 0.5) is 4.79 Å². The lowest BCUT2D eigenvalue weighted by molar-refractivity contribution is -0.124. The molecular weight excluding hydrogens is 316 g/mol. The van der Waals surface area contributed by atoms with Crippen LogP contribution in [0.1, 0.15) is 30.6 Å². The molecular formula is C15H20N4O5. The second kappa shape index (κ2) is 7.53. The van der Waals surface area contributed by atoms with Crippen molar-refractivity contribution in [2.24, 2.45) is 11.7 Å². The zero-order valence-electron chi connectivity index (χ0n) is 13.4. The highest BCUT2D eigenvalue weighted by molar-refractivity contribution is 5.96. The Morgan fingerprint density at radius 3 is 2.58 bits per heavy atom. The Kier molecular flexibility index (Phi) is 5.46. The second-order valence-corrected chi connectivity index (χ2v) is 5.38. The average molecular weight is 336 g/mol. The molecule has 2 atom stereocenters. The highest BCUT2D eigenvalue weighted by Crippen LogP contribution is 2.32. The normalized spacial score (nSPS) is 14.4. The number of hydrazine groups is 1. The van der Waals surface area contributed by atoms with Crippen LogP contribution in [0.5, 0.6) is 11.5 Å². The number of ether oxygens (including phenoxy) is 2. The number of carbonyl (C=O) groups is 3. The topological polar surface area (TPSA) is 132 Å². The van der Waals surface area contributed by atoms with Gasteiger partial charge in [-0.05, 0) is 24.1 Å². The van der Waals surface area contributed by atoms with E-state index < -0.39 is 23.9 Å². The highest BCUT2D eigenvalue weighted by atomic mass is 16.7. The zero-order valence-corrected chi connectivity index (χ0v) is 13.4. The smallest absolute Gasteiger partial charge is 0.312 e. The monoisotopic (exact) mass is 336 g/mol. The Bertz CT molecular complexity index is 649. The molecule has 9 heteroatoms. The SMILES string of the molecule is CC[C@@H](C)[C@H](NC(N)=O)C(=O)NNC(=O)c1ccc2c(c1)OCO2. The summed E-state index contributed by atoms with van der Waals surface area (Å²) >= 11 is 0. The number of amides is 4. The van der Waals surface area contributed by atoms with Gasteiger partial charge < -0.3 is 20.5 Å². The lowest BCUT2D eigenvalue weighted by Crippen LogP contribution is -2.55. The molecule has 0 fully saturated rings. The van der Waals surface area contributed by atoms with E-state index in [1.807, 2.05) is 6.92 Å². The summed E-state index contributed by atoms with van der Waals surface area (Å²) in [6.45, 7) is 3.77. The lowest BCUT2D eigenvalue weighted by Gasteiger charge is -2.22. The van der Waals surface area contributed by atoms with Crippen molar-refractivity contribution in [1.29, 1.82) is 0 Å². The molecule has 1 aliphatic heterocycles.